The van der Waals surface area contributed by atoms with Crippen molar-refractivity contribution in [3.8, 4) is 0 Å². The topological polar surface area (TPSA) is 80.8 Å². The Hall–Kier alpha value is -1.71. The molecule has 2 aliphatic rings. The fourth-order valence-corrected chi connectivity index (χ4v) is 4.30. The van der Waals surface area contributed by atoms with E-state index >= 15 is 0 Å². The van der Waals surface area contributed by atoms with Gasteiger partial charge in [0.05, 0.1) is 16.2 Å². The number of hydrogen-bond donors (Lipinski definition) is 0. The van der Waals surface area contributed by atoms with Crippen molar-refractivity contribution < 1.29 is 19.5 Å². The van der Waals surface area contributed by atoms with E-state index in [4.69, 9.17) is 12.2 Å². The molecule has 0 atom stereocenters. The van der Waals surface area contributed by atoms with E-state index in [2.05, 4.69) is 15.9 Å². The molecule has 0 aliphatic carbocycles. The van der Waals surface area contributed by atoms with Crippen molar-refractivity contribution >= 4 is 73.3 Å². The number of thioether (sulfide) groups is 1. The molecule has 1 aromatic rings. The van der Waals surface area contributed by atoms with Gasteiger partial charge in [0.15, 0.2) is 0 Å². The van der Waals surface area contributed by atoms with Crippen LogP contribution in [0.3, 0.4) is 0 Å². The minimum absolute atomic E-state index is 0.0703. The van der Waals surface area contributed by atoms with Crippen molar-refractivity contribution in [2.45, 2.75) is 6.42 Å². The third kappa shape index (κ3) is 2.76. The predicted octanol–water partition coefficient (Wildman–Crippen LogP) is 1.14. The van der Waals surface area contributed by atoms with E-state index in [1.807, 2.05) is 6.07 Å². The molecule has 124 valence electrons. The molecule has 2 heterocycles. The maximum absolute atomic E-state index is 12.6. The van der Waals surface area contributed by atoms with Crippen LogP contribution in [0.25, 0.3) is 5.57 Å². The van der Waals surface area contributed by atoms with Gasteiger partial charge in [-0.25, -0.2) is 0 Å². The summed E-state index contributed by atoms with van der Waals surface area (Å²) in [6.45, 7) is -0.0703. The molecule has 0 radical (unpaired) electrons. The molecule has 0 N–H and O–H groups in total. The van der Waals surface area contributed by atoms with Crippen molar-refractivity contribution in [2.75, 3.05) is 18.5 Å². The number of aliphatic carboxylic acids is 1. The number of thiocarbonyl (C=S) groups is 1. The van der Waals surface area contributed by atoms with E-state index in [0.29, 0.717) is 16.8 Å². The van der Waals surface area contributed by atoms with E-state index in [1.54, 1.807) is 19.2 Å². The smallest absolute Gasteiger partial charge is 0.267 e. The number of carbonyl (C=O) groups excluding carboxylic acids is 3. The van der Waals surface area contributed by atoms with Crippen LogP contribution in [0.4, 0.5) is 5.69 Å². The molecule has 1 aromatic carbocycles. The van der Waals surface area contributed by atoms with E-state index in [-0.39, 0.29) is 28.1 Å². The number of carboxylic acids is 1. The second kappa shape index (κ2) is 6.30. The van der Waals surface area contributed by atoms with Crippen LogP contribution in [0.1, 0.15) is 12.0 Å². The van der Waals surface area contributed by atoms with Crippen molar-refractivity contribution in [2.24, 2.45) is 0 Å². The lowest BCUT2D eigenvalue weighted by atomic mass is 10.1. The summed E-state index contributed by atoms with van der Waals surface area (Å²) >= 11 is 9.55. The molecule has 1 fully saturated rings. The Labute approximate surface area is 155 Å². The van der Waals surface area contributed by atoms with Crippen LogP contribution >= 0.6 is 39.9 Å². The van der Waals surface area contributed by atoms with Crippen LogP contribution in [0.2, 0.25) is 0 Å². The van der Waals surface area contributed by atoms with Crippen LogP contribution in [-0.4, -0.2) is 40.6 Å². The fourth-order valence-electron chi connectivity index (χ4n) is 2.56. The number of nitrogens with zero attached hydrogens (tertiary/aromatic N) is 2. The van der Waals surface area contributed by atoms with E-state index in [9.17, 15) is 19.5 Å². The van der Waals surface area contributed by atoms with Gasteiger partial charge in [-0.1, -0.05) is 39.9 Å². The summed E-state index contributed by atoms with van der Waals surface area (Å²) in [5.74, 6) is -2.00. The minimum Gasteiger partial charge on any atom is -0.550 e. The molecule has 0 spiro atoms. The Morgan fingerprint density at radius 2 is 2.04 bits per heavy atom. The maximum Gasteiger partial charge on any atom is 0.267 e. The van der Waals surface area contributed by atoms with Crippen molar-refractivity contribution in [3.05, 3.63) is 33.1 Å². The highest BCUT2D eigenvalue weighted by atomic mass is 79.9. The molecule has 1 saturated heterocycles. The Morgan fingerprint density at radius 3 is 2.71 bits per heavy atom. The third-order valence-electron chi connectivity index (χ3n) is 3.72. The summed E-state index contributed by atoms with van der Waals surface area (Å²) in [6.07, 6.45) is -0.314. The van der Waals surface area contributed by atoms with Gasteiger partial charge in [0.2, 0.25) is 0 Å². The zero-order valence-corrected chi connectivity index (χ0v) is 15.6. The molecule has 2 amide bonds. The summed E-state index contributed by atoms with van der Waals surface area (Å²) < 4.78 is 1.02. The van der Waals surface area contributed by atoms with Gasteiger partial charge in [-0.3, -0.25) is 14.5 Å². The zero-order valence-electron chi connectivity index (χ0n) is 12.4. The van der Waals surface area contributed by atoms with Crippen LogP contribution in [0.5, 0.6) is 0 Å². The molecular weight excluding hydrogens is 416 g/mol. The number of hydrogen-bond acceptors (Lipinski definition) is 6. The molecule has 24 heavy (non-hydrogen) atoms. The average molecular weight is 426 g/mol. The highest BCUT2D eigenvalue weighted by Crippen LogP contribution is 2.44. The fraction of sp³-hybridized carbons (Fsp3) is 0.200. The van der Waals surface area contributed by atoms with Crippen LogP contribution in [-0.2, 0) is 14.4 Å². The van der Waals surface area contributed by atoms with Crippen LogP contribution < -0.4 is 10.0 Å². The Balaban J connectivity index is 2.06. The second-order valence-corrected chi connectivity index (χ2v) is 7.74. The van der Waals surface area contributed by atoms with Crippen molar-refractivity contribution in [3.63, 3.8) is 0 Å². The first-order valence-electron chi connectivity index (χ1n) is 6.87. The molecule has 0 saturated carbocycles. The molecule has 3 rings (SSSR count). The molecule has 9 heteroatoms. The number of rotatable bonds is 3. The van der Waals surface area contributed by atoms with Crippen LogP contribution in [0.15, 0.2) is 27.6 Å². The quantitative estimate of drug-likeness (QED) is 0.533. The zero-order chi connectivity index (χ0) is 17.6. The monoisotopic (exact) mass is 425 g/mol. The Bertz CT molecular complexity index is 837. The lowest BCUT2D eigenvalue weighted by Crippen LogP contribution is -2.34. The van der Waals surface area contributed by atoms with E-state index in [1.165, 1.54) is 9.80 Å². The summed E-state index contributed by atoms with van der Waals surface area (Å²) in [5.41, 5.74) is 1.65. The summed E-state index contributed by atoms with van der Waals surface area (Å²) in [5, 5.41) is 10.6. The normalized spacial score (nSPS) is 20.2. The number of fused-ring (bicyclic) bond motifs is 1. The first-order valence-corrected chi connectivity index (χ1v) is 8.89. The number of anilines is 1. The van der Waals surface area contributed by atoms with Crippen LogP contribution in [0, 0.1) is 0 Å². The van der Waals surface area contributed by atoms with Crippen molar-refractivity contribution in [1.29, 1.82) is 0 Å². The van der Waals surface area contributed by atoms with Gasteiger partial charge < -0.3 is 14.8 Å². The van der Waals surface area contributed by atoms with E-state index in [0.717, 1.165) is 16.2 Å². The minimum atomic E-state index is -1.26. The highest BCUT2D eigenvalue weighted by Gasteiger charge is 2.40. The first kappa shape index (κ1) is 17.1. The summed E-state index contributed by atoms with van der Waals surface area (Å²) in [6, 6.07) is 5.39. The van der Waals surface area contributed by atoms with Gasteiger partial charge in [0.1, 0.15) is 4.32 Å². The molecule has 2 aliphatic heterocycles. The molecular formula is C15H10BrN2O4S2-. The SMILES string of the molecule is CN1C(=O)/C(=C2/SC(=S)N(CCC(=O)[O-])C2=O)c2cc(Br)ccc21. The summed E-state index contributed by atoms with van der Waals surface area (Å²) in [7, 11) is 1.64. The number of carboxylic acid groups (broad SMARTS) is 1. The van der Waals surface area contributed by atoms with Gasteiger partial charge in [-0.15, -0.1) is 0 Å². The Morgan fingerprint density at radius 1 is 1.33 bits per heavy atom. The molecule has 0 aromatic heterocycles. The largest absolute Gasteiger partial charge is 0.550 e. The second-order valence-electron chi connectivity index (χ2n) is 5.18. The number of amides is 2. The van der Waals surface area contributed by atoms with Gasteiger partial charge in [-0.05, 0) is 18.2 Å². The number of carbonyl (C=O) groups is 3. The highest BCUT2D eigenvalue weighted by molar-refractivity contribution is 9.10. The summed E-state index contributed by atoms with van der Waals surface area (Å²) in [4.78, 5) is 38.8. The lowest BCUT2D eigenvalue weighted by Gasteiger charge is -2.14. The third-order valence-corrected chi connectivity index (χ3v) is 5.67. The molecule has 6 nitrogen and oxygen atoms in total. The standard InChI is InChI=1S/C15H11BrN2O4S2/c1-17-9-3-2-7(16)6-8(9)11(13(17)21)12-14(22)18(15(23)24-12)5-4-10(19)20/h2-3,6H,4-5H2,1H3,(H,19,20)/p-1/b12-11+. The maximum atomic E-state index is 12.6. The molecule has 0 unspecified atom stereocenters. The average Bonchev–Trinajstić information content (AvgIpc) is 2.92. The number of halogens is 1. The van der Waals surface area contributed by atoms with E-state index < -0.39 is 11.9 Å². The number of likely N-dealkylation sites (N-methyl/N-ethyl adjacent to an activating group) is 1. The van der Waals surface area contributed by atoms with Gasteiger partial charge in [0, 0.05) is 36.0 Å². The van der Waals surface area contributed by atoms with Gasteiger partial charge in [0.25, 0.3) is 11.8 Å². The van der Waals surface area contributed by atoms with Gasteiger partial charge in [-0.2, -0.15) is 0 Å². The lowest BCUT2D eigenvalue weighted by molar-refractivity contribution is -0.305. The predicted molar refractivity (Wildman–Crippen MR) is 96.0 cm³/mol. The molecule has 0 bridgehead atoms. The first-order chi connectivity index (χ1) is 11.3. The van der Waals surface area contributed by atoms with Crippen molar-refractivity contribution in [1.82, 2.24) is 4.90 Å². The number of benzene rings is 1. The van der Waals surface area contributed by atoms with Gasteiger partial charge >= 0.3 is 0 Å². The Kier molecular flexibility index (Phi) is 4.50.